The van der Waals surface area contributed by atoms with E-state index in [4.69, 9.17) is 0 Å². The van der Waals surface area contributed by atoms with Crippen LogP contribution in [0.25, 0.3) is 0 Å². The minimum absolute atomic E-state index is 0.0259. The Kier molecular flexibility index (Phi) is 3.34. The molecule has 15 heavy (non-hydrogen) atoms. The lowest BCUT2D eigenvalue weighted by atomic mass is 10.1. The Morgan fingerprint density at radius 1 is 1.27 bits per heavy atom. The molecule has 0 radical (unpaired) electrons. The Morgan fingerprint density at radius 2 is 1.87 bits per heavy atom. The number of halogens is 1. The molecular formula is C10H14FNO2S. The van der Waals surface area contributed by atoms with Crippen LogP contribution in [0.5, 0.6) is 0 Å². The fraction of sp³-hybridized carbons (Fsp3) is 0.400. The zero-order valence-electron chi connectivity index (χ0n) is 8.96. The maximum Gasteiger partial charge on any atom is 0.232 e. The van der Waals surface area contributed by atoms with Crippen LogP contribution in [-0.2, 0) is 10.0 Å². The molecule has 5 heteroatoms. The van der Waals surface area contributed by atoms with Crippen molar-refractivity contribution in [3.63, 3.8) is 0 Å². The first-order chi connectivity index (χ1) is 6.85. The van der Waals surface area contributed by atoms with Crippen molar-refractivity contribution in [1.29, 1.82) is 0 Å². The molecule has 0 aliphatic rings. The second-order valence-electron chi connectivity index (χ2n) is 3.42. The SMILES string of the molecule is CCS(=O)(=O)Nc1cc(F)c(C)cc1C. The van der Waals surface area contributed by atoms with Crippen molar-refractivity contribution < 1.29 is 12.8 Å². The number of nitrogens with one attached hydrogen (secondary N) is 1. The fourth-order valence-corrected chi connectivity index (χ4v) is 1.87. The van der Waals surface area contributed by atoms with Crippen molar-refractivity contribution in [2.24, 2.45) is 0 Å². The standard InChI is InChI=1S/C10H14FNO2S/c1-4-15(13,14)12-10-6-9(11)7(2)5-8(10)3/h5-6,12H,4H2,1-3H3. The van der Waals surface area contributed by atoms with Gasteiger partial charge in [0, 0.05) is 0 Å². The minimum atomic E-state index is -3.34. The van der Waals surface area contributed by atoms with E-state index in [1.165, 1.54) is 13.0 Å². The highest BCUT2D eigenvalue weighted by Gasteiger charge is 2.10. The molecule has 0 aliphatic carbocycles. The third-order valence-corrected chi connectivity index (χ3v) is 3.44. The predicted molar refractivity (Wildman–Crippen MR) is 59.0 cm³/mol. The van der Waals surface area contributed by atoms with Crippen LogP contribution in [0, 0.1) is 19.7 Å². The van der Waals surface area contributed by atoms with Gasteiger partial charge in [-0.2, -0.15) is 0 Å². The van der Waals surface area contributed by atoms with Gasteiger partial charge in [-0.3, -0.25) is 4.72 Å². The van der Waals surface area contributed by atoms with Crippen molar-refractivity contribution in [2.45, 2.75) is 20.8 Å². The molecule has 84 valence electrons. The number of sulfonamides is 1. The Hall–Kier alpha value is -1.10. The fourth-order valence-electron chi connectivity index (χ4n) is 1.18. The summed E-state index contributed by atoms with van der Waals surface area (Å²) >= 11 is 0. The first-order valence-corrected chi connectivity index (χ1v) is 6.28. The van der Waals surface area contributed by atoms with E-state index in [1.807, 2.05) is 0 Å². The second kappa shape index (κ2) is 4.18. The highest BCUT2D eigenvalue weighted by molar-refractivity contribution is 7.92. The van der Waals surface area contributed by atoms with Gasteiger partial charge in [-0.15, -0.1) is 0 Å². The molecule has 0 fully saturated rings. The highest BCUT2D eigenvalue weighted by Crippen LogP contribution is 2.20. The second-order valence-corrected chi connectivity index (χ2v) is 5.43. The zero-order valence-corrected chi connectivity index (χ0v) is 9.78. The number of anilines is 1. The van der Waals surface area contributed by atoms with Gasteiger partial charge < -0.3 is 0 Å². The summed E-state index contributed by atoms with van der Waals surface area (Å²) in [7, 11) is -3.34. The van der Waals surface area contributed by atoms with E-state index in [0.717, 1.165) is 0 Å². The Morgan fingerprint density at radius 3 is 2.40 bits per heavy atom. The summed E-state index contributed by atoms with van der Waals surface area (Å²) in [5.74, 6) is -0.434. The van der Waals surface area contributed by atoms with E-state index < -0.39 is 15.8 Å². The number of hydrogen-bond donors (Lipinski definition) is 1. The van der Waals surface area contributed by atoms with Gasteiger partial charge in [0.25, 0.3) is 0 Å². The summed E-state index contributed by atoms with van der Waals surface area (Å²) in [5, 5.41) is 0. The monoisotopic (exact) mass is 231 g/mol. The van der Waals surface area contributed by atoms with Crippen LogP contribution in [0.1, 0.15) is 18.1 Å². The third kappa shape index (κ3) is 2.92. The molecule has 0 spiro atoms. The van der Waals surface area contributed by atoms with E-state index in [1.54, 1.807) is 19.9 Å². The minimum Gasteiger partial charge on any atom is -0.283 e. The smallest absolute Gasteiger partial charge is 0.232 e. The molecule has 0 saturated carbocycles. The predicted octanol–water partition coefficient (Wildman–Crippen LogP) is 2.20. The lowest BCUT2D eigenvalue weighted by molar-refractivity contribution is 0.602. The molecule has 1 aromatic carbocycles. The van der Waals surface area contributed by atoms with E-state index in [-0.39, 0.29) is 5.75 Å². The molecule has 3 nitrogen and oxygen atoms in total. The van der Waals surface area contributed by atoms with Crippen LogP contribution in [0.15, 0.2) is 12.1 Å². The van der Waals surface area contributed by atoms with Crippen molar-refractivity contribution in [3.8, 4) is 0 Å². The number of hydrogen-bond acceptors (Lipinski definition) is 2. The quantitative estimate of drug-likeness (QED) is 0.866. The third-order valence-electron chi connectivity index (χ3n) is 2.15. The average molecular weight is 231 g/mol. The van der Waals surface area contributed by atoms with Crippen LogP contribution < -0.4 is 4.72 Å². The average Bonchev–Trinajstić information content (AvgIpc) is 2.14. The molecule has 0 bridgehead atoms. The van der Waals surface area contributed by atoms with E-state index in [2.05, 4.69) is 4.72 Å². The summed E-state index contributed by atoms with van der Waals surface area (Å²) in [6, 6.07) is 2.82. The molecule has 0 unspecified atom stereocenters. The van der Waals surface area contributed by atoms with Crippen LogP contribution in [0.4, 0.5) is 10.1 Å². The summed E-state index contributed by atoms with van der Waals surface area (Å²) < 4.78 is 38.1. The lowest BCUT2D eigenvalue weighted by Crippen LogP contribution is -2.15. The van der Waals surface area contributed by atoms with Gasteiger partial charge in [0.05, 0.1) is 11.4 Å². The summed E-state index contributed by atoms with van der Waals surface area (Å²) in [6.45, 7) is 4.91. The van der Waals surface area contributed by atoms with Gasteiger partial charge in [0.15, 0.2) is 0 Å². The first kappa shape index (κ1) is 12.0. The molecule has 0 heterocycles. The van der Waals surface area contributed by atoms with Crippen molar-refractivity contribution in [2.75, 3.05) is 10.5 Å². The highest BCUT2D eigenvalue weighted by atomic mass is 32.2. The molecular weight excluding hydrogens is 217 g/mol. The maximum atomic E-state index is 13.2. The molecule has 0 saturated heterocycles. The van der Waals surface area contributed by atoms with Gasteiger partial charge in [0.2, 0.25) is 10.0 Å². The Bertz CT molecular complexity index is 469. The summed E-state index contributed by atoms with van der Waals surface area (Å²) in [5.41, 5.74) is 1.53. The van der Waals surface area contributed by atoms with E-state index >= 15 is 0 Å². The number of aryl methyl sites for hydroxylation is 2. The number of benzene rings is 1. The molecule has 1 N–H and O–H groups in total. The largest absolute Gasteiger partial charge is 0.283 e. The Labute approximate surface area is 89.4 Å². The van der Waals surface area contributed by atoms with Crippen LogP contribution >= 0.6 is 0 Å². The van der Waals surface area contributed by atoms with Crippen molar-refractivity contribution in [3.05, 3.63) is 29.1 Å². The summed E-state index contributed by atoms with van der Waals surface area (Å²) in [6.07, 6.45) is 0. The topological polar surface area (TPSA) is 46.2 Å². The molecule has 0 atom stereocenters. The molecule has 1 rings (SSSR count). The molecule has 0 amide bonds. The van der Waals surface area contributed by atoms with Gasteiger partial charge in [-0.25, -0.2) is 12.8 Å². The van der Waals surface area contributed by atoms with Crippen molar-refractivity contribution in [1.82, 2.24) is 0 Å². The van der Waals surface area contributed by atoms with Gasteiger partial charge in [-0.05, 0) is 38.0 Å². The van der Waals surface area contributed by atoms with Crippen LogP contribution in [-0.4, -0.2) is 14.2 Å². The summed E-state index contributed by atoms with van der Waals surface area (Å²) in [4.78, 5) is 0. The van der Waals surface area contributed by atoms with Gasteiger partial charge in [-0.1, -0.05) is 6.07 Å². The molecule has 0 aromatic heterocycles. The first-order valence-electron chi connectivity index (χ1n) is 4.63. The van der Waals surface area contributed by atoms with Crippen LogP contribution in [0.2, 0.25) is 0 Å². The maximum absolute atomic E-state index is 13.2. The molecule has 0 aliphatic heterocycles. The Balaban J connectivity index is 3.12. The van der Waals surface area contributed by atoms with Gasteiger partial charge >= 0.3 is 0 Å². The zero-order chi connectivity index (χ0) is 11.6. The van der Waals surface area contributed by atoms with E-state index in [9.17, 15) is 12.8 Å². The van der Waals surface area contributed by atoms with E-state index in [0.29, 0.717) is 16.8 Å². The normalized spacial score (nSPS) is 11.5. The van der Waals surface area contributed by atoms with Crippen LogP contribution in [0.3, 0.4) is 0 Å². The lowest BCUT2D eigenvalue weighted by Gasteiger charge is -2.10. The number of rotatable bonds is 3. The molecule has 1 aromatic rings. The van der Waals surface area contributed by atoms with Gasteiger partial charge in [0.1, 0.15) is 5.82 Å². The van der Waals surface area contributed by atoms with Crippen molar-refractivity contribution >= 4 is 15.7 Å².